The lowest BCUT2D eigenvalue weighted by Gasteiger charge is -2.27. The topological polar surface area (TPSA) is 71.8 Å². The summed E-state index contributed by atoms with van der Waals surface area (Å²) < 4.78 is 10.6. The van der Waals surface area contributed by atoms with Gasteiger partial charge >= 0.3 is 0 Å². The third-order valence-corrected chi connectivity index (χ3v) is 3.32. The smallest absolute Gasteiger partial charge is 0.264 e. The zero-order valence-electron chi connectivity index (χ0n) is 11.5. The highest BCUT2D eigenvalue weighted by Gasteiger charge is 2.26. The number of nitrogens with zero attached hydrogens (tertiary/aromatic N) is 1. The van der Waals surface area contributed by atoms with E-state index >= 15 is 0 Å². The van der Waals surface area contributed by atoms with E-state index in [4.69, 9.17) is 9.15 Å². The van der Waals surface area contributed by atoms with Crippen LogP contribution >= 0.6 is 0 Å². The summed E-state index contributed by atoms with van der Waals surface area (Å²) in [7, 11) is 1.66. The van der Waals surface area contributed by atoms with E-state index in [0.717, 1.165) is 0 Å². The number of hydrogen-bond donors (Lipinski definition) is 1. The number of ether oxygens (including phenoxy) is 1. The molecular weight excluding hydrogens is 272 g/mol. The highest BCUT2D eigenvalue weighted by Crippen LogP contribution is 2.34. The molecule has 2 amide bonds. The van der Waals surface area contributed by atoms with E-state index in [2.05, 4.69) is 5.32 Å². The molecule has 0 fully saturated rings. The van der Waals surface area contributed by atoms with Gasteiger partial charge in [-0.15, -0.1) is 0 Å². The Morgan fingerprint density at radius 2 is 2.19 bits per heavy atom. The van der Waals surface area contributed by atoms with Gasteiger partial charge in [0, 0.05) is 7.05 Å². The lowest BCUT2D eigenvalue weighted by atomic mass is 10.1. The fourth-order valence-corrected chi connectivity index (χ4v) is 2.16. The third-order valence-electron chi connectivity index (χ3n) is 3.32. The molecule has 0 atom stereocenters. The van der Waals surface area contributed by atoms with Crippen LogP contribution in [-0.2, 0) is 11.3 Å². The number of anilines is 1. The second-order valence-corrected chi connectivity index (χ2v) is 4.66. The van der Waals surface area contributed by atoms with Crippen molar-refractivity contribution < 1.29 is 18.7 Å². The molecular formula is C15H14N2O4. The normalized spacial score (nSPS) is 13.6. The van der Waals surface area contributed by atoms with E-state index in [1.54, 1.807) is 43.6 Å². The molecule has 0 unspecified atom stereocenters. The first-order valence-electron chi connectivity index (χ1n) is 6.50. The minimum absolute atomic E-state index is 0.0635. The molecule has 1 aliphatic heterocycles. The van der Waals surface area contributed by atoms with Crippen LogP contribution in [0.15, 0.2) is 41.0 Å². The Bertz CT molecular complexity index is 679. The van der Waals surface area contributed by atoms with Crippen molar-refractivity contribution in [3.63, 3.8) is 0 Å². The number of carbonyl (C=O) groups is 2. The quantitative estimate of drug-likeness (QED) is 0.929. The average molecular weight is 286 g/mol. The summed E-state index contributed by atoms with van der Waals surface area (Å²) >= 11 is 0. The molecule has 0 aliphatic carbocycles. The summed E-state index contributed by atoms with van der Waals surface area (Å²) in [5.74, 6) is 0.680. The first kappa shape index (κ1) is 13.2. The first-order valence-corrected chi connectivity index (χ1v) is 6.50. The number of carbonyl (C=O) groups excluding carboxylic acids is 2. The van der Waals surface area contributed by atoms with E-state index in [9.17, 15) is 9.59 Å². The van der Waals surface area contributed by atoms with Crippen LogP contribution < -0.4 is 15.0 Å². The molecule has 6 nitrogen and oxygen atoms in total. The summed E-state index contributed by atoms with van der Waals surface area (Å²) in [5.41, 5.74) is 0.996. The SMILES string of the molecule is CN1C(=O)COc2c(C(=O)NCc3ccco3)cccc21. The number of amides is 2. The van der Waals surface area contributed by atoms with Gasteiger partial charge in [0.2, 0.25) is 0 Å². The van der Waals surface area contributed by atoms with Crippen LogP contribution in [0.2, 0.25) is 0 Å². The molecule has 1 aliphatic rings. The van der Waals surface area contributed by atoms with Crippen LogP contribution in [0, 0.1) is 0 Å². The maximum absolute atomic E-state index is 12.3. The molecule has 2 heterocycles. The molecule has 2 aromatic rings. The molecule has 0 bridgehead atoms. The highest BCUT2D eigenvalue weighted by atomic mass is 16.5. The van der Waals surface area contributed by atoms with Gasteiger partial charge in [0.1, 0.15) is 5.76 Å². The van der Waals surface area contributed by atoms with Gasteiger partial charge in [0.25, 0.3) is 11.8 Å². The van der Waals surface area contributed by atoms with Crippen LogP contribution in [0.3, 0.4) is 0 Å². The molecule has 1 aromatic carbocycles. The van der Waals surface area contributed by atoms with Gasteiger partial charge in [-0.1, -0.05) is 6.07 Å². The number of para-hydroxylation sites is 1. The monoisotopic (exact) mass is 286 g/mol. The van der Waals surface area contributed by atoms with Crippen molar-refractivity contribution in [3.05, 3.63) is 47.9 Å². The number of rotatable bonds is 3. The number of hydrogen-bond acceptors (Lipinski definition) is 4. The second-order valence-electron chi connectivity index (χ2n) is 4.66. The number of likely N-dealkylation sites (N-methyl/N-ethyl adjacent to an activating group) is 1. The summed E-state index contributed by atoms with van der Waals surface area (Å²) in [4.78, 5) is 25.4. The molecule has 1 aromatic heterocycles. The predicted molar refractivity (Wildman–Crippen MR) is 75.2 cm³/mol. The Morgan fingerprint density at radius 1 is 1.33 bits per heavy atom. The first-order chi connectivity index (χ1) is 10.2. The number of nitrogens with one attached hydrogen (secondary N) is 1. The lowest BCUT2D eigenvalue weighted by molar-refractivity contribution is -0.121. The zero-order chi connectivity index (χ0) is 14.8. The standard InChI is InChI=1S/C15H14N2O4/c1-17-12-6-2-5-11(14(12)21-9-13(17)18)15(19)16-8-10-4-3-7-20-10/h2-7H,8-9H2,1H3,(H,16,19). The lowest BCUT2D eigenvalue weighted by Crippen LogP contribution is -2.36. The van der Waals surface area contributed by atoms with E-state index in [0.29, 0.717) is 29.3 Å². The summed E-state index contributed by atoms with van der Waals surface area (Å²) in [5, 5.41) is 2.76. The van der Waals surface area contributed by atoms with E-state index in [1.807, 2.05) is 0 Å². The maximum atomic E-state index is 12.3. The Labute approximate surface area is 121 Å². The Hall–Kier alpha value is -2.76. The van der Waals surface area contributed by atoms with Crippen molar-refractivity contribution in [2.45, 2.75) is 6.54 Å². The molecule has 0 saturated carbocycles. The van der Waals surface area contributed by atoms with Crippen molar-refractivity contribution in [1.29, 1.82) is 0 Å². The Kier molecular flexibility index (Phi) is 3.35. The molecule has 21 heavy (non-hydrogen) atoms. The van der Waals surface area contributed by atoms with Crippen molar-refractivity contribution in [1.82, 2.24) is 5.32 Å². The van der Waals surface area contributed by atoms with Crippen LogP contribution in [0.1, 0.15) is 16.1 Å². The average Bonchev–Trinajstić information content (AvgIpc) is 3.01. The van der Waals surface area contributed by atoms with Crippen LogP contribution in [-0.4, -0.2) is 25.5 Å². The van der Waals surface area contributed by atoms with Gasteiger partial charge < -0.3 is 19.4 Å². The van der Waals surface area contributed by atoms with Gasteiger partial charge in [-0.25, -0.2) is 0 Å². The van der Waals surface area contributed by atoms with E-state index in [-0.39, 0.29) is 18.4 Å². The highest BCUT2D eigenvalue weighted by molar-refractivity contribution is 6.03. The summed E-state index contributed by atoms with van der Waals surface area (Å²) in [6.45, 7) is 0.232. The minimum Gasteiger partial charge on any atom is -0.481 e. The van der Waals surface area contributed by atoms with Gasteiger partial charge in [0.15, 0.2) is 12.4 Å². The Balaban J connectivity index is 1.82. The van der Waals surface area contributed by atoms with Crippen molar-refractivity contribution >= 4 is 17.5 Å². The molecule has 108 valence electrons. The van der Waals surface area contributed by atoms with E-state index < -0.39 is 0 Å². The molecule has 6 heteroatoms. The van der Waals surface area contributed by atoms with Crippen LogP contribution in [0.25, 0.3) is 0 Å². The number of fused-ring (bicyclic) bond motifs is 1. The fraction of sp³-hybridized carbons (Fsp3) is 0.200. The van der Waals surface area contributed by atoms with Crippen molar-refractivity contribution in [3.8, 4) is 5.75 Å². The molecule has 3 rings (SSSR count). The van der Waals surface area contributed by atoms with Crippen molar-refractivity contribution in [2.24, 2.45) is 0 Å². The molecule has 1 N–H and O–H groups in total. The van der Waals surface area contributed by atoms with Gasteiger partial charge in [-0.3, -0.25) is 9.59 Å². The fourth-order valence-electron chi connectivity index (χ4n) is 2.16. The van der Waals surface area contributed by atoms with Gasteiger partial charge in [-0.2, -0.15) is 0 Å². The second kappa shape index (κ2) is 5.32. The maximum Gasteiger partial charge on any atom is 0.264 e. The summed E-state index contributed by atoms with van der Waals surface area (Å²) in [6, 6.07) is 8.67. The van der Waals surface area contributed by atoms with Crippen molar-refractivity contribution in [2.75, 3.05) is 18.6 Å². The minimum atomic E-state index is -0.272. The van der Waals surface area contributed by atoms with E-state index in [1.165, 1.54) is 4.90 Å². The van der Waals surface area contributed by atoms with Crippen LogP contribution in [0.5, 0.6) is 5.75 Å². The third kappa shape index (κ3) is 2.47. The molecule has 0 spiro atoms. The number of benzene rings is 1. The zero-order valence-corrected chi connectivity index (χ0v) is 11.5. The van der Waals surface area contributed by atoms with Crippen LogP contribution in [0.4, 0.5) is 5.69 Å². The predicted octanol–water partition coefficient (Wildman–Crippen LogP) is 1.56. The summed E-state index contributed by atoms with van der Waals surface area (Å²) in [6.07, 6.45) is 1.55. The number of furan rings is 1. The van der Waals surface area contributed by atoms with Gasteiger partial charge in [0.05, 0.1) is 24.1 Å². The largest absolute Gasteiger partial charge is 0.481 e. The molecule has 0 radical (unpaired) electrons. The Morgan fingerprint density at radius 3 is 2.95 bits per heavy atom. The molecule has 0 saturated heterocycles. The van der Waals surface area contributed by atoms with Gasteiger partial charge in [-0.05, 0) is 24.3 Å².